The molecule has 1 aliphatic heterocycles. The Morgan fingerprint density at radius 1 is 1.55 bits per heavy atom. The smallest absolute Gasteiger partial charge is 0.310 e. The van der Waals surface area contributed by atoms with Crippen LogP contribution in [0, 0.1) is 17.8 Å². The molecule has 1 amide bonds. The van der Waals surface area contributed by atoms with Crippen molar-refractivity contribution in [1.29, 1.82) is 0 Å². The summed E-state index contributed by atoms with van der Waals surface area (Å²) in [6.45, 7) is 1.31. The molecule has 1 aromatic heterocycles. The van der Waals surface area contributed by atoms with Crippen molar-refractivity contribution in [2.24, 2.45) is 11.7 Å². The van der Waals surface area contributed by atoms with Crippen molar-refractivity contribution >= 4 is 23.2 Å². The van der Waals surface area contributed by atoms with Crippen LogP contribution in [0.5, 0.6) is 0 Å². The van der Waals surface area contributed by atoms with Crippen LogP contribution < -0.4 is 5.73 Å². The van der Waals surface area contributed by atoms with Gasteiger partial charge in [-0.3, -0.25) is 9.59 Å². The fraction of sp³-hybridized carbons (Fsp3) is 0.429. The number of nitrogens with zero attached hydrogens (tertiary/aromatic N) is 1. The summed E-state index contributed by atoms with van der Waals surface area (Å²) in [6.07, 6.45) is 0.656. The van der Waals surface area contributed by atoms with Gasteiger partial charge < -0.3 is 15.4 Å². The molecule has 6 heteroatoms. The van der Waals surface area contributed by atoms with Crippen molar-refractivity contribution in [3.05, 3.63) is 21.9 Å². The van der Waals surface area contributed by atoms with E-state index in [-0.39, 0.29) is 17.8 Å². The average Bonchev–Trinajstić information content (AvgIpc) is 3.12. The zero-order valence-corrected chi connectivity index (χ0v) is 12.0. The first-order chi connectivity index (χ1) is 9.65. The second kappa shape index (κ2) is 6.55. The maximum absolute atomic E-state index is 12.3. The minimum Gasteiger partial charge on any atom is -0.469 e. The third-order valence-electron chi connectivity index (χ3n) is 3.14. The van der Waals surface area contributed by atoms with E-state index in [4.69, 9.17) is 10.5 Å². The number of carbonyl (C=O) groups excluding carboxylic acids is 2. The number of hydrogen-bond donors (Lipinski definition) is 1. The molecule has 1 fully saturated rings. The zero-order chi connectivity index (χ0) is 14.5. The Bertz CT molecular complexity index is 570. The van der Waals surface area contributed by atoms with Crippen LogP contribution >= 0.6 is 11.3 Å². The van der Waals surface area contributed by atoms with Crippen LogP contribution in [-0.2, 0) is 9.53 Å². The van der Waals surface area contributed by atoms with Crippen LogP contribution in [-0.4, -0.2) is 43.5 Å². The summed E-state index contributed by atoms with van der Waals surface area (Å²) in [5.74, 6) is 5.15. The third kappa shape index (κ3) is 3.18. The van der Waals surface area contributed by atoms with E-state index < -0.39 is 0 Å². The number of esters is 1. The summed E-state index contributed by atoms with van der Waals surface area (Å²) >= 11 is 1.35. The Kier molecular flexibility index (Phi) is 4.77. The first kappa shape index (κ1) is 14.6. The lowest BCUT2D eigenvalue weighted by molar-refractivity contribution is -0.144. The van der Waals surface area contributed by atoms with Crippen LogP contribution in [0.1, 0.15) is 21.0 Å². The van der Waals surface area contributed by atoms with Crippen LogP contribution in [0.25, 0.3) is 0 Å². The number of thiophene rings is 1. The fourth-order valence-corrected chi connectivity index (χ4v) is 2.97. The minimum atomic E-state index is -0.249. The van der Waals surface area contributed by atoms with Crippen molar-refractivity contribution in [3.63, 3.8) is 0 Å². The van der Waals surface area contributed by atoms with Crippen LogP contribution in [0.3, 0.4) is 0 Å². The predicted octanol–water partition coefficient (Wildman–Crippen LogP) is 0.693. The predicted molar refractivity (Wildman–Crippen MR) is 76.3 cm³/mol. The molecule has 5 nitrogen and oxygen atoms in total. The second-order valence-electron chi connectivity index (χ2n) is 4.43. The standard InChI is InChI=1S/C14H16N2O3S/c1-19-14(18)10-6-8-16(9-10)13(17)12-5-4-11(20-12)3-2-7-15/h4-5,10H,6-9,15H2,1H3. The van der Waals surface area contributed by atoms with Gasteiger partial charge in [-0.05, 0) is 18.6 Å². The van der Waals surface area contributed by atoms with Gasteiger partial charge in [-0.1, -0.05) is 11.8 Å². The highest BCUT2D eigenvalue weighted by Gasteiger charge is 2.32. The normalized spacial score (nSPS) is 17.5. The molecule has 1 aliphatic rings. The number of ether oxygens (including phenoxy) is 1. The van der Waals surface area contributed by atoms with Crippen molar-refractivity contribution in [1.82, 2.24) is 4.90 Å². The van der Waals surface area contributed by atoms with E-state index in [0.29, 0.717) is 30.9 Å². The first-order valence-corrected chi connectivity index (χ1v) is 7.13. The quantitative estimate of drug-likeness (QED) is 0.643. The summed E-state index contributed by atoms with van der Waals surface area (Å²) in [5, 5.41) is 0. The highest BCUT2D eigenvalue weighted by Crippen LogP contribution is 2.23. The van der Waals surface area contributed by atoms with Crippen LogP contribution in [0.4, 0.5) is 0 Å². The number of hydrogen-bond acceptors (Lipinski definition) is 5. The van der Waals surface area contributed by atoms with Gasteiger partial charge >= 0.3 is 5.97 Å². The molecule has 0 bridgehead atoms. The third-order valence-corrected chi connectivity index (χ3v) is 4.13. The lowest BCUT2D eigenvalue weighted by atomic mass is 10.1. The van der Waals surface area contributed by atoms with E-state index in [9.17, 15) is 9.59 Å². The molecule has 0 aromatic carbocycles. The molecule has 106 valence electrons. The maximum Gasteiger partial charge on any atom is 0.310 e. The molecule has 1 unspecified atom stereocenters. The monoisotopic (exact) mass is 292 g/mol. The number of rotatable bonds is 2. The number of carbonyl (C=O) groups is 2. The first-order valence-electron chi connectivity index (χ1n) is 6.31. The molecule has 2 N–H and O–H groups in total. The molecule has 1 atom stereocenters. The van der Waals surface area contributed by atoms with E-state index in [1.54, 1.807) is 11.0 Å². The van der Waals surface area contributed by atoms with Crippen LogP contribution in [0.15, 0.2) is 12.1 Å². The molecule has 20 heavy (non-hydrogen) atoms. The SMILES string of the molecule is COC(=O)C1CCN(C(=O)c2ccc(C#CCN)s2)C1. The highest BCUT2D eigenvalue weighted by molar-refractivity contribution is 7.14. The van der Waals surface area contributed by atoms with Crippen molar-refractivity contribution < 1.29 is 14.3 Å². The van der Waals surface area contributed by atoms with Gasteiger partial charge in [0.25, 0.3) is 5.91 Å². The molecule has 1 saturated heterocycles. The number of methoxy groups -OCH3 is 1. The molecule has 0 aliphatic carbocycles. The minimum absolute atomic E-state index is 0.0535. The second-order valence-corrected chi connectivity index (χ2v) is 5.51. The lowest BCUT2D eigenvalue weighted by Crippen LogP contribution is -2.29. The van der Waals surface area contributed by atoms with Gasteiger partial charge in [-0.2, -0.15) is 0 Å². The van der Waals surface area contributed by atoms with E-state index in [1.807, 2.05) is 6.07 Å². The van der Waals surface area contributed by atoms with Gasteiger partial charge in [-0.15, -0.1) is 11.3 Å². The van der Waals surface area contributed by atoms with Gasteiger partial charge in [0.2, 0.25) is 0 Å². The summed E-state index contributed by atoms with van der Waals surface area (Å²) in [6, 6.07) is 3.58. The summed E-state index contributed by atoms with van der Waals surface area (Å²) < 4.78 is 4.71. The Hall–Kier alpha value is -1.84. The average molecular weight is 292 g/mol. The maximum atomic E-state index is 12.3. The molecule has 1 aromatic rings. The van der Waals surface area contributed by atoms with Gasteiger partial charge in [0.05, 0.1) is 29.3 Å². The number of likely N-dealkylation sites (tertiary alicyclic amines) is 1. The van der Waals surface area contributed by atoms with Gasteiger partial charge in [0.15, 0.2) is 0 Å². The fourth-order valence-electron chi connectivity index (χ4n) is 2.12. The van der Waals surface area contributed by atoms with E-state index >= 15 is 0 Å². The van der Waals surface area contributed by atoms with Gasteiger partial charge in [0, 0.05) is 13.1 Å². The van der Waals surface area contributed by atoms with Crippen molar-refractivity contribution in [2.75, 3.05) is 26.7 Å². The molecular formula is C14H16N2O3S. The number of nitrogens with two attached hydrogens (primary N) is 1. The summed E-state index contributed by atoms with van der Waals surface area (Å²) in [4.78, 5) is 26.9. The molecule has 2 rings (SSSR count). The van der Waals surface area contributed by atoms with E-state index in [2.05, 4.69) is 11.8 Å². The Morgan fingerprint density at radius 3 is 3.05 bits per heavy atom. The van der Waals surface area contributed by atoms with Crippen molar-refractivity contribution in [3.8, 4) is 11.8 Å². The largest absolute Gasteiger partial charge is 0.469 e. The summed E-state index contributed by atoms with van der Waals surface area (Å²) in [5.41, 5.74) is 5.31. The Balaban J connectivity index is 2.02. The Labute approximate surface area is 121 Å². The topological polar surface area (TPSA) is 72.6 Å². The van der Waals surface area contributed by atoms with Gasteiger partial charge in [0.1, 0.15) is 0 Å². The molecule has 0 saturated carbocycles. The Morgan fingerprint density at radius 2 is 2.35 bits per heavy atom. The molecular weight excluding hydrogens is 276 g/mol. The van der Waals surface area contributed by atoms with E-state index in [0.717, 1.165) is 4.88 Å². The molecule has 0 radical (unpaired) electrons. The molecule has 0 spiro atoms. The summed E-state index contributed by atoms with van der Waals surface area (Å²) in [7, 11) is 1.37. The number of amides is 1. The van der Waals surface area contributed by atoms with Crippen LogP contribution in [0.2, 0.25) is 0 Å². The zero-order valence-electron chi connectivity index (χ0n) is 11.2. The lowest BCUT2D eigenvalue weighted by Gasteiger charge is -2.14. The highest BCUT2D eigenvalue weighted by atomic mass is 32.1. The molecule has 2 heterocycles. The van der Waals surface area contributed by atoms with E-state index in [1.165, 1.54) is 18.4 Å². The van der Waals surface area contributed by atoms with Gasteiger partial charge in [-0.25, -0.2) is 0 Å². The van der Waals surface area contributed by atoms with Crippen molar-refractivity contribution in [2.45, 2.75) is 6.42 Å².